The lowest BCUT2D eigenvalue weighted by Crippen LogP contribution is -2.17. The normalized spacial score (nSPS) is 10.3. The van der Waals surface area contributed by atoms with E-state index < -0.39 is 4.92 Å². The summed E-state index contributed by atoms with van der Waals surface area (Å²) in [5, 5.41) is 20.2. The van der Waals surface area contributed by atoms with Crippen molar-refractivity contribution in [2.45, 2.75) is 6.92 Å². The van der Waals surface area contributed by atoms with Gasteiger partial charge in [-0.15, -0.1) is 0 Å². The molecule has 0 amide bonds. The van der Waals surface area contributed by atoms with Gasteiger partial charge < -0.3 is 4.57 Å². The van der Waals surface area contributed by atoms with Crippen molar-refractivity contribution in [3.8, 4) is 6.07 Å². The number of aryl methyl sites for hydroxylation is 2. The van der Waals surface area contributed by atoms with Crippen LogP contribution in [0, 0.1) is 28.4 Å². The molecule has 0 aliphatic rings. The number of non-ortho nitro benzene ring substituents is 1. The van der Waals surface area contributed by atoms with Gasteiger partial charge in [0.05, 0.1) is 21.4 Å². The molecule has 1 heterocycles. The molecule has 0 atom stereocenters. The van der Waals surface area contributed by atoms with Crippen molar-refractivity contribution in [1.29, 1.82) is 5.26 Å². The highest BCUT2D eigenvalue weighted by atomic mass is 16.6. The molecule has 2 aromatic rings. The number of nitriles is 1. The van der Waals surface area contributed by atoms with Crippen molar-refractivity contribution < 1.29 is 4.92 Å². The molecular weight excluding hydrogens is 234 g/mol. The second-order valence-electron chi connectivity index (χ2n) is 3.95. The molecule has 0 aliphatic carbocycles. The van der Waals surface area contributed by atoms with Gasteiger partial charge in [-0.1, -0.05) is 6.07 Å². The molecule has 0 fully saturated rings. The van der Waals surface area contributed by atoms with Crippen molar-refractivity contribution in [2.24, 2.45) is 7.05 Å². The zero-order valence-electron chi connectivity index (χ0n) is 9.80. The van der Waals surface area contributed by atoms with Crippen molar-refractivity contribution in [1.82, 2.24) is 4.57 Å². The molecule has 1 aromatic carbocycles. The smallest absolute Gasteiger partial charge is 0.280 e. The van der Waals surface area contributed by atoms with E-state index in [2.05, 4.69) is 0 Å². The highest BCUT2D eigenvalue weighted by Crippen LogP contribution is 2.29. The number of rotatable bonds is 1. The van der Waals surface area contributed by atoms with E-state index in [1.807, 2.05) is 6.07 Å². The monoisotopic (exact) mass is 243 g/mol. The number of hydrogen-bond acceptors (Lipinski definition) is 4. The zero-order chi connectivity index (χ0) is 13.4. The summed E-state index contributed by atoms with van der Waals surface area (Å²) in [4.78, 5) is 22.1. The van der Waals surface area contributed by atoms with Gasteiger partial charge in [-0.05, 0) is 12.5 Å². The van der Waals surface area contributed by atoms with Crippen LogP contribution < -0.4 is 5.56 Å². The first-order valence-electron chi connectivity index (χ1n) is 5.15. The van der Waals surface area contributed by atoms with Crippen LogP contribution in [0.15, 0.2) is 23.0 Å². The summed E-state index contributed by atoms with van der Waals surface area (Å²) in [6, 6.07) is 5.88. The Kier molecular flexibility index (Phi) is 2.60. The molecule has 0 saturated carbocycles. The van der Waals surface area contributed by atoms with E-state index in [-0.39, 0.29) is 22.2 Å². The highest BCUT2D eigenvalue weighted by molar-refractivity contribution is 5.95. The molecule has 2 rings (SSSR count). The van der Waals surface area contributed by atoms with Crippen molar-refractivity contribution in [3.63, 3.8) is 0 Å². The summed E-state index contributed by atoms with van der Waals surface area (Å²) < 4.78 is 1.32. The largest absolute Gasteiger partial charge is 0.311 e. The second-order valence-corrected chi connectivity index (χ2v) is 3.95. The maximum atomic E-state index is 11.7. The summed E-state index contributed by atoms with van der Waals surface area (Å²) in [5.41, 5.74) is 0.648. The molecule has 18 heavy (non-hydrogen) atoms. The quantitative estimate of drug-likeness (QED) is 0.562. The lowest BCUT2D eigenvalue weighted by molar-refractivity contribution is -0.383. The second kappa shape index (κ2) is 3.96. The Balaban J connectivity index is 3.18. The van der Waals surface area contributed by atoms with Crippen molar-refractivity contribution in [3.05, 3.63) is 49.8 Å². The number of hydrogen-bond donors (Lipinski definition) is 0. The molecule has 0 N–H and O–H groups in total. The molecule has 0 unspecified atom stereocenters. The first-order valence-corrected chi connectivity index (χ1v) is 5.15. The summed E-state index contributed by atoms with van der Waals surface area (Å²) in [6.45, 7) is 1.74. The average Bonchev–Trinajstić information content (AvgIpc) is 2.33. The van der Waals surface area contributed by atoms with Crippen LogP contribution in [0.25, 0.3) is 10.9 Å². The minimum absolute atomic E-state index is 0.0310. The molecule has 0 bridgehead atoms. The Morgan fingerprint density at radius 3 is 2.67 bits per heavy atom. The number of nitro benzene ring substituents is 1. The Labute approximate surface area is 102 Å². The van der Waals surface area contributed by atoms with Crippen LogP contribution in [0.1, 0.15) is 11.1 Å². The molecule has 90 valence electrons. The van der Waals surface area contributed by atoms with E-state index in [1.165, 1.54) is 17.7 Å². The van der Waals surface area contributed by atoms with Crippen LogP contribution in [-0.2, 0) is 7.05 Å². The molecular formula is C12H9N3O3. The van der Waals surface area contributed by atoms with Gasteiger partial charge in [-0.2, -0.15) is 5.26 Å². The molecule has 0 spiro atoms. The van der Waals surface area contributed by atoms with Crippen LogP contribution >= 0.6 is 0 Å². The first-order chi connectivity index (χ1) is 8.47. The summed E-state index contributed by atoms with van der Waals surface area (Å²) >= 11 is 0. The number of benzene rings is 1. The predicted molar refractivity (Wildman–Crippen MR) is 65.3 cm³/mol. The number of pyridine rings is 1. The minimum Gasteiger partial charge on any atom is -0.311 e. The van der Waals surface area contributed by atoms with Crippen LogP contribution in [-0.4, -0.2) is 9.49 Å². The van der Waals surface area contributed by atoms with E-state index in [9.17, 15) is 14.9 Å². The fourth-order valence-corrected chi connectivity index (χ4v) is 2.03. The van der Waals surface area contributed by atoms with Crippen molar-refractivity contribution in [2.75, 3.05) is 0 Å². The van der Waals surface area contributed by atoms with Gasteiger partial charge in [0, 0.05) is 19.2 Å². The summed E-state index contributed by atoms with van der Waals surface area (Å²) in [5.74, 6) is 0. The molecule has 6 heteroatoms. The maximum absolute atomic E-state index is 11.7. The lowest BCUT2D eigenvalue weighted by atomic mass is 10.0. The van der Waals surface area contributed by atoms with Gasteiger partial charge in [0.2, 0.25) is 0 Å². The van der Waals surface area contributed by atoms with E-state index in [4.69, 9.17) is 5.26 Å². The average molecular weight is 243 g/mol. The fourth-order valence-electron chi connectivity index (χ4n) is 2.03. The predicted octanol–water partition coefficient (Wildman–Crippen LogP) is 1.63. The summed E-state index contributed by atoms with van der Waals surface area (Å²) in [6.07, 6.45) is 0. The molecule has 0 saturated heterocycles. The Bertz CT molecular complexity index is 769. The van der Waals surface area contributed by atoms with Gasteiger partial charge in [0.1, 0.15) is 6.07 Å². The molecule has 6 nitrogen and oxygen atoms in total. The topological polar surface area (TPSA) is 88.9 Å². The van der Waals surface area contributed by atoms with Gasteiger partial charge in [-0.25, -0.2) is 0 Å². The van der Waals surface area contributed by atoms with Gasteiger partial charge in [-0.3, -0.25) is 14.9 Å². The summed E-state index contributed by atoms with van der Waals surface area (Å²) in [7, 11) is 1.53. The SMILES string of the molecule is Cc1ccc([N+](=O)[O-])c2c(C#N)cc(=O)n(C)c12. The van der Waals surface area contributed by atoms with Crippen LogP contribution in [0.3, 0.4) is 0 Å². The fraction of sp³-hybridized carbons (Fsp3) is 0.167. The van der Waals surface area contributed by atoms with E-state index in [1.54, 1.807) is 13.0 Å². The number of aromatic nitrogens is 1. The molecule has 0 aliphatic heterocycles. The minimum atomic E-state index is -0.549. The highest BCUT2D eigenvalue weighted by Gasteiger charge is 2.19. The van der Waals surface area contributed by atoms with Gasteiger partial charge in [0.15, 0.2) is 0 Å². The zero-order valence-corrected chi connectivity index (χ0v) is 9.80. The van der Waals surface area contributed by atoms with Crippen LogP contribution in [0.4, 0.5) is 5.69 Å². The first kappa shape index (κ1) is 11.8. The van der Waals surface area contributed by atoms with E-state index in [0.717, 1.165) is 6.07 Å². The van der Waals surface area contributed by atoms with Crippen LogP contribution in [0.2, 0.25) is 0 Å². The van der Waals surface area contributed by atoms with Gasteiger partial charge >= 0.3 is 0 Å². The Morgan fingerprint density at radius 1 is 1.44 bits per heavy atom. The molecule has 1 aromatic heterocycles. The number of nitrogens with zero attached hydrogens (tertiary/aromatic N) is 3. The molecule has 0 radical (unpaired) electrons. The van der Waals surface area contributed by atoms with Gasteiger partial charge in [0.25, 0.3) is 11.2 Å². The van der Waals surface area contributed by atoms with E-state index in [0.29, 0.717) is 11.1 Å². The maximum Gasteiger partial charge on any atom is 0.280 e. The van der Waals surface area contributed by atoms with Crippen molar-refractivity contribution >= 4 is 16.6 Å². The third-order valence-corrected chi connectivity index (χ3v) is 2.88. The lowest BCUT2D eigenvalue weighted by Gasteiger charge is -2.09. The number of fused-ring (bicyclic) bond motifs is 1. The van der Waals surface area contributed by atoms with Crippen LogP contribution in [0.5, 0.6) is 0 Å². The third-order valence-electron chi connectivity index (χ3n) is 2.88. The third kappa shape index (κ3) is 1.53. The Morgan fingerprint density at radius 2 is 2.11 bits per heavy atom. The standard InChI is InChI=1S/C12H9N3O3/c1-7-3-4-9(15(17)18)11-8(6-13)5-10(16)14(2)12(7)11/h3-5H,1-2H3. The Hall–Kier alpha value is -2.68. The number of nitro groups is 1. The van der Waals surface area contributed by atoms with E-state index >= 15 is 0 Å².